The standard InChI is InChI=1S/C17H27N3OS/c1-13(15-10-18-11-15)17(21)19-9-14-4-6-20(7-5-14)12-16-3-2-8-22-16/h2-3,8,13-15,18H,4-7,9-12H2,1H3,(H,19,21). The van der Waals surface area contributed by atoms with Crippen molar-refractivity contribution in [3.05, 3.63) is 22.4 Å². The van der Waals surface area contributed by atoms with Crippen molar-refractivity contribution in [2.75, 3.05) is 32.7 Å². The molecule has 0 bridgehead atoms. The molecule has 1 aromatic heterocycles. The maximum absolute atomic E-state index is 12.1. The molecule has 2 aliphatic heterocycles. The Hall–Kier alpha value is -0.910. The van der Waals surface area contributed by atoms with E-state index in [1.807, 2.05) is 11.3 Å². The van der Waals surface area contributed by atoms with E-state index >= 15 is 0 Å². The van der Waals surface area contributed by atoms with E-state index in [1.165, 1.54) is 17.7 Å². The number of carbonyl (C=O) groups excluding carboxylic acids is 1. The van der Waals surface area contributed by atoms with E-state index in [9.17, 15) is 4.79 Å². The predicted molar refractivity (Wildman–Crippen MR) is 90.9 cm³/mol. The minimum atomic E-state index is 0.153. The summed E-state index contributed by atoms with van der Waals surface area (Å²) in [7, 11) is 0. The van der Waals surface area contributed by atoms with Crippen molar-refractivity contribution in [1.29, 1.82) is 0 Å². The van der Waals surface area contributed by atoms with Gasteiger partial charge in [-0.15, -0.1) is 11.3 Å². The normalized spacial score (nSPS) is 22.2. The van der Waals surface area contributed by atoms with E-state index in [4.69, 9.17) is 0 Å². The van der Waals surface area contributed by atoms with Gasteiger partial charge >= 0.3 is 0 Å². The first-order valence-corrected chi connectivity index (χ1v) is 9.33. The topological polar surface area (TPSA) is 44.4 Å². The molecule has 122 valence electrons. The van der Waals surface area contributed by atoms with Crippen LogP contribution in [-0.2, 0) is 11.3 Å². The molecule has 4 nitrogen and oxygen atoms in total. The summed E-state index contributed by atoms with van der Waals surface area (Å²) in [5.74, 6) is 1.58. The zero-order valence-corrected chi connectivity index (χ0v) is 14.2. The van der Waals surface area contributed by atoms with Gasteiger partial charge in [0.25, 0.3) is 0 Å². The number of rotatable bonds is 6. The summed E-state index contributed by atoms with van der Waals surface area (Å²) in [5, 5.41) is 8.57. The molecule has 0 saturated carbocycles. The highest BCUT2D eigenvalue weighted by atomic mass is 32.1. The Balaban J connectivity index is 1.34. The van der Waals surface area contributed by atoms with Gasteiger partial charge in [-0.2, -0.15) is 0 Å². The number of piperidine rings is 1. The lowest BCUT2D eigenvalue weighted by molar-refractivity contribution is -0.126. The summed E-state index contributed by atoms with van der Waals surface area (Å²) >= 11 is 1.84. The van der Waals surface area contributed by atoms with Crippen molar-refractivity contribution in [2.45, 2.75) is 26.3 Å². The van der Waals surface area contributed by atoms with Crippen molar-refractivity contribution in [2.24, 2.45) is 17.8 Å². The molecule has 0 aliphatic carbocycles. The number of nitrogens with one attached hydrogen (secondary N) is 2. The quantitative estimate of drug-likeness (QED) is 0.841. The first kappa shape index (κ1) is 16.0. The molecular weight excluding hydrogens is 294 g/mol. The Bertz CT molecular complexity index is 464. The summed E-state index contributed by atoms with van der Waals surface area (Å²) < 4.78 is 0. The molecule has 1 atom stereocenters. The Morgan fingerprint density at radius 2 is 2.23 bits per heavy atom. The molecule has 2 saturated heterocycles. The van der Waals surface area contributed by atoms with E-state index in [2.05, 4.69) is 40.0 Å². The molecule has 1 amide bonds. The third-order valence-electron chi connectivity index (χ3n) is 5.17. The molecule has 2 N–H and O–H groups in total. The number of thiophene rings is 1. The molecule has 1 aromatic rings. The third kappa shape index (κ3) is 4.09. The van der Waals surface area contributed by atoms with E-state index in [1.54, 1.807) is 0 Å². The number of nitrogens with zero attached hydrogens (tertiary/aromatic N) is 1. The van der Waals surface area contributed by atoms with Crippen molar-refractivity contribution >= 4 is 17.2 Å². The molecule has 3 rings (SSSR count). The molecule has 0 aromatic carbocycles. The van der Waals surface area contributed by atoms with Crippen LogP contribution < -0.4 is 10.6 Å². The van der Waals surface area contributed by atoms with Crippen molar-refractivity contribution in [1.82, 2.24) is 15.5 Å². The Labute approximate surface area is 137 Å². The minimum absolute atomic E-state index is 0.153. The molecule has 3 heterocycles. The molecule has 2 fully saturated rings. The van der Waals surface area contributed by atoms with Crippen LogP contribution in [0.25, 0.3) is 0 Å². The van der Waals surface area contributed by atoms with Crippen LogP contribution in [0.5, 0.6) is 0 Å². The van der Waals surface area contributed by atoms with Gasteiger partial charge in [0.05, 0.1) is 0 Å². The van der Waals surface area contributed by atoms with Crippen molar-refractivity contribution in [3.63, 3.8) is 0 Å². The lowest BCUT2D eigenvalue weighted by atomic mass is 9.88. The Morgan fingerprint density at radius 3 is 2.82 bits per heavy atom. The molecule has 1 unspecified atom stereocenters. The molecule has 0 radical (unpaired) electrons. The van der Waals surface area contributed by atoms with Crippen LogP contribution in [0.1, 0.15) is 24.6 Å². The Morgan fingerprint density at radius 1 is 1.45 bits per heavy atom. The van der Waals surface area contributed by atoms with Crippen molar-refractivity contribution < 1.29 is 4.79 Å². The first-order chi connectivity index (χ1) is 10.7. The minimum Gasteiger partial charge on any atom is -0.356 e. The van der Waals surface area contributed by atoms with E-state index < -0.39 is 0 Å². The average molecular weight is 321 g/mol. The van der Waals surface area contributed by atoms with Crippen LogP contribution >= 0.6 is 11.3 Å². The van der Waals surface area contributed by atoms with E-state index in [0.717, 1.165) is 39.3 Å². The van der Waals surface area contributed by atoms with Gasteiger partial charge < -0.3 is 10.6 Å². The van der Waals surface area contributed by atoms with E-state index in [-0.39, 0.29) is 11.8 Å². The van der Waals surface area contributed by atoms with Crippen LogP contribution in [-0.4, -0.2) is 43.5 Å². The van der Waals surface area contributed by atoms with E-state index in [0.29, 0.717) is 11.8 Å². The molecular formula is C17H27N3OS. The first-order valence-electron chi connectivity index (χ1n) is 8.45. The monoisotopic (exact) mass is 321 g/mol. The Kier molecular flexibility index (Phi) is 5.50. The number of hydrogen-bond donors (Lipinski definition) is 2. The third-order valence-corrected chi connectivity index (χ3v) is 6.03. The molecule has 0 spiro atoms. The largest absolute Gasteiger partial charge is 0.356 e. The van der Waals surface area contributed by atoms with Gasteiger partial charge in [-0.25, -0.2) is 0 Å². The van der Waals surface area contributed by atoms with Crippen LogP contribution in [0.4, 0.5) is 0 Å². The fourth-order valence-electron chi connectivity index (χ4n) is 3.26. The van der Waals surface area contributed by atoms with Gasteiger partial charge in [0.2, 0.25) is 5.91 Å². The summed E-state index contributed by atoms with van der Waals surface area (Å²) in [6, 6.07) is 4.34. The second kappa shape index (κ2) is 7.57. The fraction of sp³-hybridized carbons (Fsp3) is 0.706. The van der Waals surface area contributed by atoms with Gasteiger partial charge in [-0.1, -0.05) is 13.0 Å². The van der Waals surface area contributed by atoms with Gasteiger partial charge in [-0.3, -0.25) is 9.69 Å². The smallest absolute Gasteiger partial charge is 0.223 e. The highest BCUT2D eigenvalue weighted by molar-refractivity contribution is 7.09. The maximum atomic E-state index is 12.1. The lowest BCUT2D eigenvalue weighted by Crippen LogP contribution is -2.50. The maximum Gasteiger partial charge on any atom is 0.223 e. The lowest BCUT2D eigenvalue weighted by Gasteiger charge is -2.33. The zero-order chi connectivity index (χ0) is 15.4. The molecule has 5 heteroatoms. The zero-order valence-electron chi connectivity index (χ0n) is 13.4. The fourth-order valence-corrected chi connectivity index (χ4v) is 4.00. The summed E-state index contributed by atoms with van der Waals surface area (Å²) in [5.41, 5.74) is 0. The summed E-state index contributed by atoms with van der Waals surface area (Å²) in [6.07, 6.45) is 2.40. The number of carbonyl (C=O) groups is 1. The molecule has 2 aliphatic rings. The van der Waals surface area contributed by atoms with Crippen LogP contribution in [0, 0.1) is 17.8 Å². The van der Waals surface area contributed by atoms with Gasteiger partial charge in [0.15, 0.2) is 0 Å². The average Bonchev–Trinajstić information content (AvgIpc) is 2.97. The summed E-state index contributed by atoms with van der Waals surface area (Å²) in [4.78, 5) is 16.1. The SMILES string of the molecule is CC(C(=O)NCC1CCN(Cc2cccs2)CC1)C1CNC1. The predicted octanol–water partition coefficient (Wildman–Crippen LogP) is 1.93. The van der Waals surface area contributed by atoms with Gasteiger partial charge in [-0.05, 0) is 62.3 Å². The highest BCUT2D eigenvalue weighted by Gasteiger charge is 2.29. The number of likely N-dealkylation sites (tertiary alicyclic amines) is 1. The highest BCUT2D eigenvalue weighted by Crippen LogP contribution is 2.21. The second-order valence-electron chi connectivity index (χ2n) is 6.75. The van der Waals surface area contributed by atoms with Gasteiger partial charge in [0, 0.05) is 23.9 Å². The number of hydrogen-bond acceptors (Lipinski definition) is 4. The van der Waals surface area contributed by atoms with Crippen LogP contribution in [0.3, 0.4) is 0 Å². The van der Waals surface area contributed by atoms with Gasteiger partial charge in [0.1, 0.15) is 0 Å². The second-order valence-corrected chi connectivity index (χ2v) is 7.78. The van der Waals surface area contributed by atoms with Crippen LogP contribution in [0.15, 0.2) is 17.5 Å². The molecule has 22 heavy (non-hydrogen) atoms. The number of amides is 1. The summed E-state index contributed by atoms with van der Waals surface area (Å²) in [6.45, 7) is 8.30. The van der Waals surface area contributed by atoms with Crippen molar-refractivity contribution in [3.8, 4) is 0 Å². The van der Waals surface area contributed by atoms with Crippen LogP contribution in [0.2, 0.25) is 0 Å².